The molecule has 0 saturated carbocycles. The number of likely N-dealkylation sites (tertiary alicyclic amines) is 1. The maximum atomic E-state index is 12.2. The summed E-state index contributed by atoms with van der Waals surface area (Å²) in [5.41, 5.74) is 1.10. The SMILES string of the molecule is CC(C)(C)C1CCN(C(=O)c2ccccc2)C1. The van der Waals surface area contributed by atoms with Gasteiger partial charge in [-0.05, 0) is 29.9 Å². The van der Waals surface area contributed by atoms with E-state index in [0.717, 1.165) is 25.1 Å². The van der Waals surface area contributed by atoms with Crippen LogP contribution in [0.25, 0.3) is 0 Å². The van der Waals surface area contributed by atoms with Crippen molar-refractivity contribution < 1.29 is 4.79 Å². The molecule has 1 aromatic carbocycles. The third kappa shape index (κ3) is 2.68. The van der Waals surface area contributed by atoms with Gasteiger partial charge in [0.05, 0.1) is 0 Å². The van der Waals surface area contributed by atoms with Crippen molar-refractivity contribution >= 4 is 5.91 Å². The van der Waals surface area contributed by atoms with Crippen LogP contribution < -0.4 is 0 Å². The highest BCUT2D eigenvalue weighted by Gasteiger charge is 2.33. The summed E-state index contributed by atoms with van der Waals surface area (Å²) in [6.45, 7) is 8.57. The zero-order valence-corrected chi connectivity index (χ0v) is 10.9. The number of amides is 1. The third-order valence-electron chi connectivity index (χ3n) is 3.72. The van der Waals surface area contributed by atoms with Crippen LogP contribution in [-0.4, -0.2) is 23.9 Å². The summed E-state index contributed by atoms with van der Waals surface area (Å²) in [4.78, 5) is 14.2. The van der Waals surface area contributed by atoms with Crippen LogP contribution in [0.4, 0.5) is 0 Å². The van der Waals surface area contributed by atoms with Crippen LogP contribution in [0.1, 0.15) is 37.6 Å². The summed E-state index contributed by atoms with van der Waals surface area (Å²) in [6, 6.07) is 9.58. The standard InChI is InChI=1S/C15H21NO/c1-15(2,3)13-9-10-16(11-13)14(17)12-7-5-4-6-8-12/h4-8,13H,9-11H2,1-3H3. The Labute approximate surface area is 104 Å². The summed E-state index contributed by atoms with van der Waals surface area (Å²) in [5.74, 6) is 0.799. The van der Waals surface area contributed by atoms with Crippen molar-refractivity contribution in [3.05, 3.63) is 35.9 Å². The lowest BCUT2D eigenvalue weighted by atomic mass is 9.80. The third-order valence-corrected chi connectivity index (χ3v) is 3.72. The van der Waals surface area contributed by atoms with Gasteiger partial charge < -0.3 is 4.90 Å². The second-order valence-electron chi connectivity index (χ2n) is 5.97. The molecule has 0 spiro atoms. The molecule has 1 heterocycles. The Morgan fingerprint density at radius 1 is 1.24 bits per heavy atom. The Morgan fingerprint density at radius 2 is 1.88 bits per heavy atom. The molecule has 1 aromatic rings. The van der Waals surface area contributed by atoms with Crippen molar-refractivity contribution in [2.24, 2.45) is 11.3 Å². The summed E-state index contributed by atoms with van der Waals surface area (Å²) >= 11 is 0. The smallest absolute Gasteiger partial charge is 0.253 e. The summed E-state index contributed by atoms with van der Waals surface area (Å²) < 4.78 is 0. The van der Waals surface area contributed by atoms with E-state index < -0.39 is 0 Å². The Kier molecular flexibility index (Phi) is 3.23. The molecular weight excluding hydrogens is 210 g/mol. The fourth-order valence-corrected chi connectivity index (χ4v) is 2.41. The first-order valence-electron chi connectivity index (χ1n) is 6.33. The van der Waals surface area contributed by atoms with Gasteiger partial charge in [0, 0.05) is 18.7 Å². The van der Waals surface area contributed by atoms with Crippen molar-refractivity contribution in [3.8, 4) is 0 Å². The van der Waals surface area contributed by atoms with Gasteiger partial charge in [-0.3, -0.25) is 4.79 Å². The predicted molar refractivity (Wildman–Crippen MR) is 69.9 cm³/mol. The first kappa shape index (κ1) is 12.2. The number of carbonyl (C=O) groups is 1. The van der Waals surface area contributed by atoms with E-state index in [4.69, 9.17) is 0 Å². The highest BCUT2D eigenvalue weighted by Crippen LogP contribution is 2.33. The molecule has 2 heteroatoms. The number of rotatable bonds is 1. The van der Waals surface area contributed by atoms with Gasteiger partial charge in [0.25, 0.3) is 5.91 Å². The molecule has 0 aromatic heterocycles. The highest BCUT2D eigenvalue weighted by molar-refractivity contribution is 5.94. The van der Waals surface area contributed by atoms with Crippen LogP contribution in [-0.2, 0) is 0 Å². The number of hydrogen-bond acceptors (Lipinski definition) is 1. The van der Waals surface area contributed by atoms with Gasteiger partial charge in [-0.25, -0.2) is 0 Å². The van der Waals surface area contributed by atoms with Gasteiger partial charge in [0.15, 0.2) is 0 Å². The molecule has 1 aliphatic rings. The van der Waals surface area contributed by atoms with Crippen molar-refractivity contribution in [1.29, 1.82) is 0 Å². The van der Waals surface area contributed by atoms with Crippen LogP contribution in [0, 0.1) is 11.3 Å². The lowest BCUT2D eigenvalue weighted by molar-refractivity contribution is 0.0776. The molecule has 0 N–H and O–H groups in total. The van der Waals surface area contributed by atoms with Crippen LogP contribution in [0.2, 0.25) is 0 Å². The summed E-state index contributed by atoms with van der Waals surface area (Å²) in [7, 11) is 0. The normalized spacial score (nSPS) is 20.6. The van der Waals surface area contributed by atoms with Gasteiger partial charge in [-0.2, -0.15) is 0 Å². The van der Waals surface area contributed by atoms with Crippen LogP contribution in [0.15, 0.2) is 30.3 Å². The largest absolute Gasteiger partial charge is 0.338 e. The summed E-state index contributed by atoms with van der Waals surface area (Å²) in [6.07, 6.45) is 1.13. The van der Waals surface area contributed by atoms with Gasteiger partial charge in [0.1, 0.15) is 0 Å². The lowest BCUT2D eigenvalue weighted by Crippen LogP contribution is -2.31. The number of hydrogen-bond donors (Lipinski definition) is 0. The zero-order valence-electron chi connectivity index (χ0n) is 10.9. The molecule has 0 bridgehead atoms. The molecule has 2 nitrogen and oxygen atoms in total. The fourth-order valence-electron chi connectivity index (χ4n) is 2.41. The molecule has 1 saturated heterocycles. The molecule has 1 unspecified atom stereocenters. The van der Waals surface area contributed by atoms with E-state index >= 15 is 0 Å². The van der Waals surface area contributed by atoms with E-state index in [-0.39, 0.29) is 5.91 Å². The van der Waals surface area contributed by atoms with E-state index in [0.29, 0.717) is 11.3 Å². The van der Waals surface area contributed by atoms with Gasteiger partial charge in [-0.1, -0.05) is 39.0 Å². The van der Waals surface area contributed by atoms with E-state index in [1.807, 2.05) is 35.2 Å². The van der Waals surface area contributed by atoms with E-state index in [9.17, 15) is 4.79 Å². The minimum absolute atomic E-state index is 0.178. The van der Waals surface area contributed by atoms with Gasteiger partial charge in [0.2, 0.25) is 0 Å². The Hall–Kier alpha value is -1.31. The van der Waals surface area contributed by atoms with Gasteiger partial charge >= 0.3 is 0 Å². The minimum atomic E-state index is 0.178. The first-order valence-corrected chi connectivity index (χ1v) is 6.33. The Bertz CT molecular complexity index is 391. The topological polar surface area (TPSA) is 20.3 Å². The molecule has 0 aliphatic carbocycles. The number of nitrogens with zero attached hydrogens (tertiary/aromatic N) is 1. The van der Waals surface area contributed by atoms with E-state index in [2.05, 4.69) is 20.8 Å². The Morgan fingerprint density at radius 3 is 2.41 bits per heavy atom. The number of benzene rings is 1. The van der Waals surface area contributed by atoms with Crippen molar-refractivity contribution in [2.45, 2.75) is 27.2 Å². The molecule has 17 heavy (non-hydrogen) atoms. The Balaban J connectivity index is 2.05. The van der Waals surface area contributed by atoms with E-state index in [1.54, 1.807) is 0 Å². The fraction of sp³-hybridized carbons (Fsp3) is 0.533. The van der Waals surface area contributed by atoms with Crippen molar-refractivity contribution in [1.82, 2.24) is 4.90 Å². The van der Waals surface area contributed by atoms with Crippen molar-refractivity contribution in [2.75, 3.05) is 13.1 Å². The highest BCUT2D eigenvalue weighted by atomic mass is 16.2. The van der Waals surface area contributed by atoms with Gasteiger partial charge in [-0.15, -0.1) is 0 Å². The van der Waals surface area contributed by atoms with E-state index in [1.165, 1.54) is 0 Å². The lowest BCUT2D eigenvalue weighted by Gasteiger charge is -2.27. The molecule has 1 aliphatic heterocycles. The maximum Gasteiger partial charge on any atom is 0.253 e. The maximum absolute atomic E-state index is 12.2. The molecule has 1 amide bonds. The monoisotopic (exact) mass is 231 g/mol. The van der Waals surface area contributed by atoms with Crippen molar-refractivity contribution in [3.63, 3.8) is 0 Å². The zero-order chi connectivity index (χ0) is 12.5. The molecule has 0 radical (unpaired) electrons. The second-order valence-corrected chi connectivity index (χ2v) is 5.97. The molecule has 1 atom stereocenters. The molecule has 2 rings (SSSR count). The number of carbonyl (C=O) groups excluding carboxylic acids is 1. The summed E-state index contributed by atoms with van der Waals surface area (Å²) in [5, 5.41) is 0. The minimum Gasteiger partial charge on any atom is -0.338 e. The second kappa shape index (κ2) is 4.52. The molecule has 1 fully saturated rings. The quantitative estimate of drug-likeness (QED) is 0.727. The van der Waals surface area contributed by atoms with Crippen LogP contribution in [0.5, 0.6) is 0 Å². The average molecular weight is 231 g/mol. The predicted octanol–water partition coefficient (Wildman–Crippen LogP) is 3.19. The van der Waals surface area contributed by atoms with Crippen LogP contribution in [0.3, 0.4) is 0 Å². The average Bonchev–Trinajstić information content (AvgIpc) is 2.78. The molecular formula is C15H21NO. The van der Waals surface area contributed by atoms with Crippen LogP contribution >= 0.6 is 0 Å². The first-order chi connectivity index (χ1) is 7.98. The molecule has 92 valence electrons.